The number of methoxy groups -OCH3 is 1. The summed E-state index contributed by atoms with van der Waals surface area (Å²) >= 11 is 3.88. The van der Waals surface area contributed by atoms with Crippen LogP contribution in [0.5, 0.6) is 5.75 Å². The van der Waals surface area contributed by atoms with Gasteiger partial charge in [0, 0.05) is 43.9 Å². The van der Waals surface area contributed by atoms with Gasteiger partial charge in [0.2, 0.25) is 0 Å². The van der Waals surface area contributed by atoms with Crippen LogP contribution >= 0.6 is 12.8 Å². The molecule has 0 unspecified atom stereocenters. The number of nitriles is 1. The van der Waals surface area contributed by atoms with E-state index in [1.165, 1.54) is 18.4 Å². The van der Waals surface area contributed by atoms with Crippen LogP contribution in [0.4, 0.5) is 0 Å². The van der Waals surface area contributed by atoms with E-state index in [9.17, 15) is 13.7 Å². The summed E-state index contributed by atoms with van der Waals surface area (Å²) in [5.74, 6) is 0.689. The third-order valence-corrected chi connectivity index (χ3v) is 6.78. The molecule has 3 rings (SSSR count). The van der Waals surface area contributed by atoms with E-state index >= 15 is 0 Å². The van der Waals surface area contributed by atoms with Crippen LogP contribution in [0.1, 0.15) is 11.1 Å². The quantitative estimate of drug-likeness (QED) is 0.609. The standard InChI is InChI=1S/C20H20N4O3S2/c1-23(29(25,26)24(2)28)13-14-4-6-15(7-5-14)20-16(11-21)12-22-19-10-17(27-3)8-9-18(19)20/h4-10,12,28H,13H2,1-3H3. The first kappa shape index (κ1) is 21.1. The molecule has 0 N–H and O–H groups in total. The van der Waals surface area contributed by atoms with Gasteiger partial charge in [0.25, 0.3) is 10.2 Å². The van der Waals surface area contributed by atoms with Crippen molar-refractivity contribution < 1.29 is 13.2 Å². The molecule has 3 aromatic rings. The highest BCUT2D eigenvalue weighted by Crippen LogP contribution is 2.32. The molecule has 0 amide bonds. The van der Waals surface area contributed by atoms with Gasteiger partial charge < -0.3 is 4.74 Å². The molecule has 0 saturated carbocycles. The highest BCUT2D eigenvalue weighted by atomic mass is 32.3. The fraction of sp³-hybridized carbons (Fsp3) is 0.200. The van der Waals surface area contributed by atoms with Crippen molar-refractivity contribution in [3.05, 3.63) is 59.8 Å². The summed E-state index contributed by atoms with van der Waals surface area (Å²) in [6, 6.07) is 15.2. The molecule has 7 nitrogen and oxygen atoms in total. The maximum Gasteiger partial charge on any atom is 0.290 e. The van der Waals surface area contributed by atoms with Crippen molar-refractivity contribution in [2.75, 3.05) is 21.2 Å². The van der Waals surface area contributed by atoms with Gasteiger partial charge in [-0.15, -0.1) is 3.71 Å². The number of benzene rings is 2. The first-order valence-electron chi connectivity index (χ1n) is 8.63. The Morgan fingerprint density at radius 2 is 1.86 bits per heavy atom. The molecular weight excluding hydrogens is 408 g/mol. The van der Waals surface area contributed by atoms with E-state index in [0.29, 0.717) is 11.3 Å². The van der Waals surface area contributed by atoms with Crippen LogP contribution in [-0.4, -0.2) is 42.6 Å². The summed E-state index contributed by atoms with van der Waals surface area (Å²) in [6.45, 7) is 0.201. The molecule has 150 valence electrons. The zero-order valence-electron chi connectivity index (χ0n) is 16.2. The predicted octanol–water partition coefficient (Wildman–Crippen LogP) is 3.24. The minimum atomic E-state index is -3.62. The number of rotatable bonds is 6. The monoisotopic (exact) mass is 428 g/mol. The zero-order chi connectivity index (χ0) is 21.2. The largest absolute Gasteiger partial charge is 0.497 e. The normalized spacial score (nSPS) is 11.8. The summed E-state index contributed by atoms with van der Waals surface area (Å²) in [5, 5.41) is 10.4. The first-order valence-corrected chi connectivity index (χ1v) is 10.4. The van der Waals surface area contributed by atoms with Crippen molar-refractivity contribution in [3.8, 4) is 22.9 Å². The first-order chi connectivity index (χ1) is 13.8. The maximum atomic E-state index is 12.1. The minimum absolute atomic E-state index is 0.201. The highest BCUT2D eigenvalue weighted by Gasteiger charge is 2.21. The van der Waals surface area contributed by atoms with E-state index in [2.05, 4.69) is 23.9 Å². The third kappa shape index (κ3) is 4.21. The Hall–Kier alpha value is -2.64. The number of nitrogens with zero attached hydrogens (tertiary/aromatic N) is 4. The van der Waals surface area contributed by atoms with Crippen LogP contribution in [0.2, 0.25) is 0 Å². The average molecular weight is 429 g/mol. The molecule has 9 heteroatoms. The molecule has 29 heavy (non-hydrogen) atoms. The van der Waals surface area contributed by atoms with Gasteiger partial charge in [-0.3, -0.25) is 4.98 Å². The van der Waals surface area contributed by atoms with Gasteiger partial charge in [-0.05, 0) is 23.3 Å². The Labute approximate surface area is 175 Å². The Balaban J connectivity index is 2.00. The van der Waals surface area contributed by atoms with Crippen molar-refractivity contribution in [3.63, 3.8) is 0 Å². The lowest BCUT2D eigenvalue weighted by molar-refractivity contribution is 0.415. The Kier molecular flexibility index (Phi) is 6.10. The number of ether oxygens (including phenoxy) is 1. The summed E-state index contributed by atoms with van der Waals surface area (Å²) in [7, 11) is 0.834. The van der Waals surface area contributed by atoms with Gasteiger partial charge in [-0.2, -0.15) is 18.0 Å². The number of pyridine rings is 1. The van der Waals surface area contributed by atoms with Crippen molar-refractivity contribution >= 4 is 33.9 Å². The lowest BCUT2D eigenvalue weighted by Crippen LogP contribution is -2.34. The SMILES string of the molecule is COc1ccc2c(-c3ccc(CN(C)S(=O)(=O)N(C)S)cc3)c(C#N)cnc2c1. The summed E-state index contributed by atoms with van der Waals surface area (Å²) in [4.78, 5) is 4.36. The number of fused-ring (bicyclic) bond motifs is 1. The zero-order valence-corrected chi connectivity index (χ0v) is 17.9. The fourth-order valence-corrected chi connectivity index (χ4v) is 4.10. The molecule has 1 heterocycles. The topological polar surface area (TPSA) is 86.5 Å². The molecule has 0 aliphatic rings. The fourth-order valence-electron chi connectivity index (χ4n) is 3.01. The van der Waals surface area contributed by atoms with Gasteiger partial charge in [0.1, 0.15) is 11.8 Å². The summed E-state index contributed by atoms with van der Waals surface area (Å²) in [5.41, 5.74) is 3.63. The second-order valence-electron chi connectivity index (χ2n) is 6.44. The van der Waals surface area contributed by atoms with E-state index in [1.54, 1.807) is 13.3 Å². The second-order valence-corrected chi connectivity index (χ2v) is 9.37. The Morgan fingerprint density at radius 1 is 1.17 bits per heavy atom. The molecule has 0 atom stereocenters. The van der Waals surface area contributed by atoms with Gasteiger partial charge in [0.05, 0.1) is 18.2 Å². The number of aromatic nitrogens is 1. The molecule has 0 spiro atoms. The van der Waals surface area contributed by atoms with Crippen LogP contribution in [0.15, 0.2) is 48.7 Å². The average Bonchev–Trinajstić information content (AvgIpc) is 2.72. The van der Waals surface area contributed by atoms with E-state index < -0.39 is 10.2 Å². The van der Waals surface area contributed by atoms with E-state index in [4.69, 9.17) is 4.74 Å². The van der Waals surface area contributed by atoms with Crippen LogP contribution in [-0.2, 0) is 16.8 Å². The number of thiol groups is 1. The van der Waals surface area contributed by atoms with Gasteiger partial charge in [-0.1, -0.05) is 37.1 Å². The summed E-state index contributed by atoms with van der Waals surface area (Å²) in [6.07, 6.45) is 1.55. The molecule has 0 bridgehead atoms. The molecule has 1 aromatic heterocycles. The molecular formula is C20H20N4O3S2. The number of hydrogen-bond acceptors (Lipinski definition) is 6. The van der Waals surface area contributed by atoms with Gasteiger partial charge >= 0.3 is 0 Å². The molecule has 0 fully saturated rings. The van der Waals surface area contributed by atoms with Crippen LogP contribution in [0.3, 0.4) is 0 Å². The Morgan fingerprint density at radius 3 is 2.45 bits per heavy atom. The maximum absolute atomic E-state index is 12.1. The van der Waals surface area contributed by atoms with Crippen molar-refractivity contribution in [1.29, 1.82) is 5.26 Å². The van der Waals surface area contributed by atoms with Crippen LogP contribution < -0.4 is 4.74 Å². The molecule has 2 aromatic carbocycles. The molecule has 0 aliphatic heterocycles. The van der Waals surface area contributed by atoms with Crippen LogP contribution in [0, 0.1) is 11.3 Å². The van der Waals surface area contributed by atoms with Crippen molar-refractivity contribution in [2.45, 2.75) is 6.54 Å². The van der Waals surface area contributed by atoms with E-state index in [-0.39, 0.29) is 6.54 Å². The predicted molar refractivity (Wildman–Crippen MR) is 116 cm³/mol. The Bertz CT molecular complexity index is 1190. The molecule has 0 radical (unpaired) electrons. The second kappa shape index (κ2) is 8.39. The lowest BCUT2D eigenvalue weighted by Gasteiger charge is -2.20. The van der Waals surface area contributed by atoms with Gasteiger partial charge in [-0.25, -0.2) is 0 Å². The molecule has 0 aliphatic carbocycles. The van der Waals surface area contributed by atoms with Crippen molar-refractivity contribution in [1.82, 2.24) is 13.0 Å². The number of hydrogen-bond donors (Lipinski definition) is 1. The smallest absolute Gasteiger partial charge is 0.290 e. The lowest BCUT2D eigenvalue weighted by atomic mass is 9.96. The van der Waals surface area contributed by atoms with Crippen LogP contribution in [0.25, 0.3) is 22.0 Å². The van der Waals surface area contributed by atoms with Gasteiger partial charge in [0.15, 0.2) is 0 Å². The highest BCUT2D eigenvalue weighted by molar-refractivity contribution is 7.98. The van der Waals surface area contributed by atoms with E-state index in [1.807, 2.05) is 42.5 Å². The summed E-state index contributed by atoms with van der Waals surface area (Å²) < 4.78 is 31.6. The minimum Gasteiger partial charge on any atom is -0.497 e. The van der Waals surface area contributed by atoms with Crippen molar-refractivity contribution in [2.24, 2.45) is 0 Å². The third-order valence-electron chi connectivity index (χ3n) is 4.57. The molecule has 0 saturated heterocycles. The van der Waals surface area contributed by atoms with E-state index in [0.717, 1.165) is 31.3 Å².